The van der Waals surface area contributed by atoms with E-state index in [0.717, 1.165) is 17.3 Å². The molecule has 1 aromatic rings. The molecule has 1 aliphatic rings. The first-order chi connectivity index (χ1) is 8.88. The Bertz CT molecular complexity index is 450. The summed E-state index contributed by atoms with van der Waals surface area (Å²) in [6.07, 6.45) is 2.27. The van der Waals surface area contributed by atoms with Gasteiger partial charge in [-0.2, -0.15) is 0 Å². The molecule has 0 aliphatic heterocycles. The molecule has 0 atom stereocenters. The van der Waals surface area contributed by atoms with Crippen LogP contribution in [0.4, 0.5) is 0 Å². The van der Waals surface area contributed by atoms with E-state index in [-0.39, 0.29) is 5.91 Å². The molecule has 0 heterocycles. The van der Waals surface area contributed by atoms with Gasteiger partial charge in [-0.3, -0.25) is 4.79 Å². The normalized spacial score (nSPS) is 22.9. The van der Waals surface area contributed by atoms with E-state index >= 15 is 0 Å². The van der Waals surface area contributed by atoms with Gasteiger partial charge in [-0.15, -0.1) is 0 Å². The van der Waals surface area contributed by atoms with Crippen molar-refractivity contribution >= 4 is 21.8 Å². The van der Waals surface area contributed by atoms with Crippen LogP contribution in [0.3, 0.4) is 0 Å². The average Bonchev–Trinajstić information content (AvgIpc) is 2.29. The molecule has 0 saturated heterocycles. The van der Waals surface area contributed by atoms with Crippen molar-refractivity contribution in [1.82, 2.24) is 5.32 Å². The molecule has 0 bridgehead atoms. The fourth-order valence-electron chi connectivity index (χ4n) is 2.28. The number of halogens is 1. The van der Waals surface area contributed by atoms with Crippen LogP contribution in [-0.2, 0) is 4.79 Å². The second kappa shape index (κ2) is 5.63. The van der Waals surface area contributed by atoms with Crippen LogP contribution in [-0.4, -0.2) is 18.5 Å². The molecular weight excluding hydrogens is 304 g/mol. The van der Waals surface area contributed by atoms with Crippen molar-refractivity contribution in [3.05, 3.63) is 34.3 Å². The first-order valence-corrected chi connectivity index (χ1v) is 7.46. The fraction of sp³-hybridized carbons (Fsp3) is 0.533. The zero-order chi connectivity index (χ0) is 14.0. The number of nitrogens with one attached hydrogen (secondary N) is 1. The first-order valence-electron chi connectivity index (χ1n) is 6.67. The monoisotopic (exact) mass is 324 g/mol. The molecule has 0 spiro atoms. The third-order valence-corrected chi connectivity index (χ3v) is 4.51. The van der Waals surface area contributed by atoms with Crippen molar-refractivity contribution in [2.45, 2.75) is 38.6 Å². The molecule has 0 radical (unpaired) electrons. The molecule has 3 nitrogen and oxygen atoms in total. The van der Waals surface area contributed by atoms with E-state index in [1.807, 2.05) is 13.8 Å². The second-order valence-electron chi connectivity index (χ2n) is 6.05. The lowest BCUT2D eigenvalue weighted by Crippen LogP contribution is -2.47. The number of hydrogen-bond acceptors (Lipinski definition) is 2. The van der Waals surface area contributed by atoms with E-state index in [1.54, 1.807) is 0 Å². The highest BCUT2D eigenvalue weighted by molar-refractivity contribution is 9.10. The molecule has 0 aromatic heterocycles. The van der Waals surface area contributed by atoms with Crippen molar-refractivity contribution in [2.75, 3.05) is 6.54 Å². The molecule has 1 amide bonds. The Kier molecular flexibility index (Phi) is 4.31. The summed E-state index contributed by atoms with van der Waals surface area (Å²) in [6, 6.07) is 9.04. The van der Waals surface area contributed by atoms with Crippen molar-refractivity contribution in [1.29, 1.82) is 0 Å². The van der Waals surface area contributed by atoms with Crippen LogP contribution in [0.5, 0.6) is 0 Å². The van der Waals surface area contributed by atoms with Crippen LogP contribution in [0.25, 0.3) is 0 Å². The van der Waals surface area contributed by atoms with E-state index in [9.17, 15) is 4.79 Å². The first kappa shape index (κ1) is 14.5. The molecule has 104 valence electrons. The molecule has 3 N–H and O–H groups in total. The van der Waals surface area contributed by atoms with Crippen LogP contribution in [0.2, 0.25) is 0 Å². The van der Waals surface area contributed by atoms with Gasteiger partial charge in [0.1, 0.15) is 0 Å². The maximum atomic E-state index is 11.2. The van der Waals surface area contributed by atoms with E-state index in [0.29, 0.717) is 18.5 Å². The number of amides is 1. The van der Waals surface area contributed by atoms with Crippen LogP contribution in [0.1, 0.15) is 38.2 Å². The van der Waals surface area contributed by atoms with Crippen molar-refractivity contribution < 1.29 is 4.79 Å². The SMILES string of the molecule is CC(C)(CNC1CC(c2ccc(Br)cc2)C1)C(N)=O. The zero-order valence-corrected chi connectivity index (χ0v) is 13.0. The van der Waals surface area contributed by atoms with Crippen molar-refractivity contribution in [2.24, 2.45) is 11.1 Å². The van der Waals surface area contributed by atoms with Gasteiger partial charge >= 0.3 is 0 Å². The summed E-state index contributed by atoms with van der Waals surface area (Å²) in [6.45, 7) is 4.42. The largest absolute Gasteiger partial charge is 0.369 e. The van der Waals surface area contributed by atoms with E-state index < -0.39 is 5.41 Å². The molecule has 1 fully saturated rings. The van der Waals surface area contributed by atoms with Gasteiger partial charge in [0, 0.05) is 17.1 Å². The maximum absolute atomic E-state index is 11.2. The zero-order valence-electron chi connectivity index (χ0n) is 11.4. The minimum atomic E-state index is -0.470. The van der Waals surface area contributed by atoms with E-state index in [2.05, 4.69) is 45.5 Å². The van der Waals surface area contributed by atoms with Crippen LogP contribution >= 0.6 is 15.9 Å². The Labute approximate surface area is 123 Å². The van der Waals surface area contributed by atoms with E-state index in [1.165, 1.54) is 5.56 Å². The quantitative estimate of drug-likeness (QED) is 0.875. The Hall–Kier alpha value is -0.870. The third kappa shape index (κ3) is 3.57. The molecule has 1 aromatic carbocycles. The third-order valence-electron chi connectivity index (χ3n) is 3.98. The lowest BCUT2D eigenvalue weighted by Gasteiger charge is -2.38. The number of rotatable bonds is 5. The Balaban J connectivity index is 1.78. The Morgan fingerprint density at radius 1 is 1.37 bits per heavy atom. The second-order valence-corrected chi connectivity index (χ2v) is 6.96. The Morgan fingerprint density at radius 3 is 2.47 bits per heavy atom. The summed E-state index contributed by atoms with van der Waals surface area (Å²) in [5, 5.41) is 3.44. The van der Waals surface area contributed by atoms with Gasteiger partial charge < -0.3 is 11.1 Å². The van der Waals surface area contributed by atoms with Gasteiger partial charge in [0.05, 0.1) is 5.41 Å². The lowest BCUT2D eigenvalue weighted by atomic mass is 9.75. The number of carbonyl (C=O) groups excluding carboxylic acids is 1. The van der Waals surface area contributed by atoms with Crippen LogP contribution in [0, 0.1) is 5.41 Å². The summed E-state index contributed by atoms with van der Waals surface area (Å²) < 4.78 is 1.12. The summed E-state index contributed by atoms with van der Waals surface area (Å²) >= 11 is 3.45. The van der Waals surface area contributed by atoms with Gasteiger partial charge in [0.2, 0.25) is 5.91 Å². The van der Waals surface area contributed by atoms with Crippen molar-refractivity contribution in [3.63, 3.8) is 0 Å². The number of benzene rings is 1. The number of nitrogens with two attached hydrogens (primary N) is 1. The minimum absolute atomic E-state index is 0.246. The predicted octanol–water partition coefficient (Wildman–Crippen LogP) is 2.80. The fourth-order valence-corrected chi connectivity index (χ4v) is 2.54. The smallest absolute Gasteiger partial charge is 0.224 e. The molecule has 4 heteroatoms. The average molecular weight is 325 g/mol. The highest BCUT2D eigenvalue weighted by atomic mass is 79.9. The topological polar surface area (TPSA) is 55.1 Å². The van der Waals surface area contributed by atoms with Gasteiger partial charge in [-0.1, -0.05) is 28.1 Å². The van der Waals surface area contributed by atoms with Gasteiger partial charge in [-0.05, 0) is 50.3 Å². The minimum Gasteiger partial charge on any atom is -0.369 e. The summed E-state index contributed by atoms with van der Waals surface area (Å²) in [5.74, 6) is 0.395. The van der Waals surface area contributed by atoms with Gasteiger partial charge in [-0.25, -0.2) is 0 Å². The number of primary amides is 1. The molecular formula is C15H21BrN2O. The number of hydrogen-bond donors (Lipinski definition) is 2. The Morgan fingerprint density at radius 2 is 1.95 bits per heavy atom. The molecule has 1 saturated carbocycles. The highest BCUT2D eigenvalue weighted by Gasteiger charge is 2.32. The molecule has 19 heavy (non-hydrogen) atoms. The molecule has 2 rings (SSSR count). The summed E-state index contributed by atoms with van der Waals surface area (Å²) in [5.41, 5.74) is 6.29. The standard InChI is InChI=1S/C15H21BrN2O/c1-15(2,14(17)19)9-18-13-7-11(8-13)10-3-5-12(16)6-4-10/h3-6,11,13,18H,7-9H2,1-2H3,(H2,17,19). The van der Waals surface area contributed by atoms with Gasteiger partial charge in [0.25, 0.3) is 0 Å². The number of carbonyl (C=O) groups is 1. The predicted molar refractivity (Wildman–Crippen MR) is 80.9 cm³/mol. The van der Waals surface area contributed by atoms with Crippen molar-refractivity contribution in [3.8, 4) is 0 Å². The lowest BCUT2D eigenvalue weighted by molar-refractivity contribution is -0.125. The van der Waals surface area contributed by atoms with Crippen LogP contribution in [0.15, 0.2) is 28.7 Å². The van der Waals surface area contributed by atoms with Crippen LogP contribution < -0.4 is 11.1 Å². The summed E-state index contributed by atoms with van der Waals surface area (Å²) in [7, 11) is 0. The van der Waals surface area contributed by atoms with E-state index in [4.69, 9.17) is 5.73 Å². The maximum Gasteiger partial charge on any atom is 0.224 e. The molecule has 1 aliphatic carbocycles. The molecule has 0 unspecified atom stereocenters. The van der Waals surface area contributed by atoms with Gasteiger partial charge in [0.15, 0.2) is 0 Å². The highest BCUT2D eigenvalue weighted by Crippen LogP contribution is 2.37. The summed E-state index contributed by atoms with van der Waals surface area (Å²) in [4.78, 5) is 11.2.